The highest BCUT2D eigenvalue weighted by Gasteiger charge is 2.23. The summed E-state index contributed by atoms with van der Waals surface area (Å²) in [6.07, 6.45) is 1.70. The second-order valence-corrected chi connectivity index (χ2v) is 9.60. The quantitative estimate of drug-likeness (QED) is 0.240. The summed E-state index contributed by atoms with van der Waals surface area (Å²) in [6.45, 7) is 2.64. The lowest BCUT2D eigenvalue weighted by atomic mass is 9.99. The summed E-state index contributed by atoms with van der Waals surface area (Å²) in [5.41, 5.74) is 3.73. The van der Waals surface area contributed by atoms with Crippen LogP contribution in [0.2, 0.25) is 10.0 Å². The van der Waals surface area contributed by atoms with Gasteiger partial charge in [-0.2, -0.15) is 0 Å². The molecule has 2 aromatic heterocycles. The lowest BCUT2D eigenvalue weighted by molar-refractivity contribution is 0.0696. The standard InChI is InChI=1S/C25H19Cl2N3O3S/c26-17-5-1-15(2-6-17)19-13-20(16-3-7-18(27)8-4-16)29-24-21(19)22(23(34-24)25(31)32)28-14-30-9-11-33-12-10-30/h1-8,13-14H,9-12H2,(H,31,32). The number of rotatable bonds is 5. The Morgan fingerprint density at radius 3 is 2.26 bits per heavy atom. The molecule has 3 heterocycles. The number of carboxylic acids is 1. The molecular weight excluding hydrogens is 493 g/mol. The van der Waals surface area contributed by atoms with Crippen LogP contribution in [0.5, 0.6) is 0 Å². The van der Waals surface area contributed by atoms with E-state index in [-0.39, 0.29) is 4.88 Å². The van der Waals surface area contributed by atoms with Crippen molar-refractivity contribution in [3.63, 3.8) is 0 Å². The largest absolute Gasteiger partial charge is 0.477 e. The summed E-state index contributed by atoms with van der Waals surface area (Å²) >= 11 is 13.3. The van der Waals surface area contributed by atoms with E-state index in [0.29, 0.717) is 52.3 Å². The number of carbonyl (C=O) groups is 1. The number of carboxylic acid groups (broad SMARTS) is 1. The molecule has 1 saturated heterocycles. The minimum atomic E-state index is -1.03. The zero-order valence-electron chi connectivity index (χ0n) is 17.9. The number of hydrogen-bond acceptors (Lipinski definition) is 5. The molecule has 2 aromatic carbocycles. The molecule has 1 N–H and O–H groups in total. The molecule has 1 fully saturated rings. The van der Waals surface area contributed by atoms with E-state index in [0.717, 1.165) is 33.7 Å². The highest BCUT2D eigenvalue weighted by Crippen LogP contribution is 2.44. The Labute approximate surface area is 210 Å². The number of fused-ring (bicyclic) bond motifs is 1. The number of benzene rings is 2. The van der Waals surface area contributed by atoms with Crippen molar-refractivity contribution in [2.45, 2.75) is 0 Å². The molecule has 0 unspecified atom stereocenters. The molecule has 0 saturated carbocycles. The predicted octanol–water partition coefficient (Wildman–Crippen LogP) is 6.63. The number of aromatic carboxylic acids is 1. The van der Waals surface area contributed by atoms with E-state index < -0.39 is 5.97 Å². The fraction of sp³-hybridized carbons (Fsp3) is 0.160. The Bertz CT molecular complexity index is 1380. The number of hydrogen-bond donors (Lipinski definition) is 1. The van der Waals surface area contributed by atoms with Gasteiger partial charge < -0.3 is 14.7 Å². The van der Waals surface area contributed by atoms with Crippen LogP contribution in [0.4, 0.5) is 5.69 Å². The molecule has 34 heavy (non-hydrogen) atoms. The molecule has 1 aliphatic heterocycles. The molecule has 4 aromatic rings. The van der Waals surface area contributed by atoms with Gasteiger partial charge in [0, 0.05) is 34.1 Å². The molecule has 0 radical (unpaired) electrons. The second kappa shape index (κ2) is 9.72. The molecule has 0 spiro atoms. The van der Waals surface area contributed by atoms with Crippen LogP contribution in [0.25, 0.3) is 32.6 Å². The van der Waals surface area contributed by atoms with Crippen LogP contribution in [0, 0.1) is 0 Å². The fourth-order valence-corrected chi connectivity index (χ4v) is 5.05. The Hall–Kier alpha value is -2.97. The normalized spacial score (nSPS) is 14.2. The van der Waals surface area contributed by atoms with Crippen LogP contribution in [0.15, 0.2) is 59.6 Å². The topological polar surface area (TPSA) is 75.0 Å². The van der Waals surface area contributed by atoms with Gasteiger partial charge in [0.25, 0.3) is 0 Å². The second-order valence-electron chi connectivity index (χ2n) is 7.73. The van der Waals surface area contributed by atoms with Crippen LogP contribution in [-0.4, -0.2) is 53.6 Å². The van der Waals surface area contributed by atoms with E-state index in [1.807, 2.05) is 47.4 Å². The average molecular weight is 512 g/mol. The van der Waals surface area contributed by atoms with Gasteiger partial charge >= 0.3 is 5.97 Å². The van der Waals surface area contributed by atoms with Crippen LogP contribution in [0.3, 0.4) is 0 Å². The Balaban J connectivity index is 1.74. The minimum Gasteiger partial charge on any atom is -0.477 e. The number of aromatic nitrogens is 1. The summed E-state index contributed by atoms with van der Waals surface area (Å²) in [6, 6.07) is 16.8. The van der Waals surface area contributed by atoms with Crippen LogP contribution < -0.4 is 0 Å². The monoisotopic (exact) mass is 511 g/mol. The van der Waals surface area contributed by atoms with Crippen molar-refractivity contribution in [1.82, 2.24) is 9.88 Å². The van der Waals surface area contributed by atoms with Gasteiger partial charge in [-0.25, -0.2) is 14.8 Å². The van der Waals surface area contributed by atoms with Crippen LogP contribution in [-0.2, 0) is 4.74 Å². The lowest BCUT2D eigenvalue weighted by Gasteiger charge is -2.24. The number of aliphatic imine (C=N–C) groups is 1. The fourth-order valence-electron chi connectivity index (χ4n) is 3.81. The van der Waals surface area contributed by atoms with Gasteiger partial charge in [-0.1, -0.05) is 47.5 Å². The Morgan fingerprint density at radius 2 is 1.65 bits per heavy atom. The van der Waals surface area contributed by atoms with E-state index in [4.69, 9.17) is 32.9 Å². The summed E-state index contributed by atoms with van der Waals surface area (Å²) in [5, 5.41) is 11.9. The first-order valence-electron chi connectivity index (χ1n) is 10.6. The zero-order valence-corrected chi connectivity index (χ0v) is 20.2. The van der Waals surface area contributed by atoms with Gasteiger partial charge in [-0.15, -0.1) is 11.3 Å². The number of thiophene rings is 1. The Morgan fingerprint density at radius 1 is 1.03 bits per heavy atom. The van der Waals surface area contributed by atoms with Crippen molar-refractivity contribution in [2.75, 3.05) is 26.3 Å². The number of halogens is 2. The molecule has 6 nitrogen and oxygen atoms in total. The Kier molecular flexibility index (Phi) is 6.52. The third-order valence-corrected chi connectivity index (χ3v) is 7.09. The van der Waals surface area contributed by atoms with Gasteiger partial charge in [0.15, 0.2) is 0 Å². The number of pyridine rings is 1. The van der Waals surface area contributed by atoms with Gasteiger partial charge in [0.05, 0.1) is 25.2 Å². The van der Waals surface area contributed by atoms with Gasteiger partial charge in [0.2, 0.25) is 0 Å². The maximum atomic E-state index is 12.2. The summed E-state index contributed by atoms with van der Waals surface area (Å²) in [5.74, 6) is -1.03. The SMILES string of the molecule is O=C(O)c1sc2nc(-c3ccc(Cl)cc3)cc(-c3ccc(Cl)cc3)c2c1N=CN1CCOCC1. The first-order valence-corrected chi connectivity index (χ1v) is 12.2. The van der Waals surface area contributed by atoms with E-state index in [1.165, 1.54) is 0 Å². The first kappa shape index (κ1) is 22.8. The molecule has 0 aliphatic carbocycles. The van der Waals surface area contributed by atoms with Crippen molar-refractivity contribution in [3.8, 4) is 22.4 Å². The highest BCUT2D eigenvalue weighted by molar-refractivity contribution is 7.21. The van der Waals surface area contributed by atoms with Crippen molar-refractivity contribution in [1.29, 1.82) is 0 Å². The number of nitrogens with zero attached hydrogens (tertiary/aromatic N) is 3. The number of ether oxygens (including phenoxy) is 1. The molecule has 5 rings (SSSR count). The van der Waals surface area contributed by atoms with Crippen molar-refractivity contribution >= 4 is 62.8 Å². The molecule has 1 aliphatic rings. The van der Waals surface area contributed by atoms with E-state index in [2.05, 4.69) is 4.99 Å². The van der Waals surface area contributed by atoms with E-state index in [9.17, 15) is 9.90 Å². The lowest BCUT2D eigenvalue weighted by Crippen LogP contribution is -2.35. The maximum absolute atomic E-state index is 12.2. The maximum Gasteiger partial charge on any atom is 0.348 e. The van der Waals surface area contributed by atoms with Crippen molar-refractivity contribution < 1.29 is 14.6 Å². The first-order chi connectivity index (χ1) is 16.5. The third kappa shape index (κ3) is 4.65. The molecule has 0 amide bonds. The summed E-state index contributed by atoms with van der Waals surface area (Å²) in [4.78, 5) is 24.4. The van der Waals surface area contributed by atoms with Gasteiger partial charge in [0.1, 0.15) is 15.4 Å². The highest BCUT2D eigenvalue weighted by atomic mass is 35.5. The van der Waals surface area contributed by atoms with Gasteiger partial charge in [-0.05, 0) is 41.5 Å². The smallest absolute Gasteiger partial charge is 0.348 e. The molecular formula is C25H19Cl2N3O3S. The van der Waals surface area contributed by atoms with E-state index >= 15 is 0 Å². The molecule has 9 heteroatoms. The minimum absolute atomic E-state index is 0.149. The third-order valence-electron chi connectivity index (χ3n) is 5.52. The summed E-state index contributed by atoms with van der Waals surface area (Å²) < 4.78 is 5.39. The van der Waals surface area contributed by atoms with Crippen LogP contribution >= 0.6 is 34.5 Å². The zero-order chi connectivity index (χ0) is 23.7. The molecule has 172 valence electrons. The number of morpholine rings is 1. The van der Waals surface area contributed by atoms with Gasteiger partial charge in [-0.3, -0.25) is 0 Å². The van der Waals surface area contributed by atoms with Crippen LogP contribution in [0.1, 0.15) is 9.67 Å². The van der Waals surface area contributed by atoms with Crippen molar-refractivity contribution in [3.05, 3.63) is 69.5 Å². The summed E-state index contributed by atoms with van der Waals surface area (Å²) in [7, 11) is 0. The molecule has 0 bridgehead atoms. The average Bonchev–Trinajstić information content (AvgIpc) is 3.23. The van der Waals surface area contributed by atoms with Crippen molar-refractivity contribution in [2.24, 2.45) is 4.99 Å². The molecule has 0 atom stereocenters. The predicted molar refractivity (Wildman–Crippen MR) is 138 cm³/mol. The van der Waals surface area contributed by atoms with E-state index in [1.54, 1.807) is 18.5 Å².